The lowest BCUT2D eigenvalue weighted by molar-refractivity contribution is 0.772. The van der Waals surface area contributed by atoms with Crippen LogP contribution in [0.5, 0.6) is 0 Å². The molecule has 0 aliphatic rings. The van der Waals surface area contributed by atoms with Crippen LogP contribution in [0.4, 0.5) is 0 Å². The van der Waals surface area contributed by atoms with Gasteiger partial charge in [0.15, 0.2) is 0 Å². The minimum absolute atomic E-state index is 0.575. The van der Waals surface area contributed by atoms with Crippen molar-refractivity contribution >= 4 is 0 Å². The van der Waals surface area contributed by atoms with Gasteiger partial charge < -0.3 is 0 Å². The van der Waals surface area contributed by atoms with Gasteiger partial charge in [-0.05, 0) is 36.0 Å². The highest BCUT2D eigenvalue weighted by Gasteiger charge is 2.12. The number of pyridine rings is 1. The van der Waals surface area contributed by atoms with Gasteiger partial charge in [0.2, 0.25) is 0 Å². The standard InChI is InChI=1S/C12H19N/c1-8(2)11-6-7-13-10(5)12(11)9(3)4/h6-9H,1-5H3. The number of hydrogen-bond donors (Lipinski definition) is 0. The Balaban J connectivity index is 3.26. The first-order valence-corrected chi connectivity index (χ1v) is 4.99. The zero-order valence-corrected chi connectivity index (χ0v) is 9.26. The minimum Gasteiger partial charge on any atom is -0.261 e. The molecule has 0 spiro atoms. The van der Waals surface area contributed by atoms with Gasteiger partial charge in [-0.15, -0.1) is 0 Å². The van der Waals surface area contributed by atoms with Crippen molar-refractivity contribution in [2.45, 2.75) is 46.5 Å². The lowest BCUT2D eigenvalue weighted by Gasteiger charge is -2.17. The fraction of sp³-hybridized carbons (Fsp3) is 0.583. The molecule has 0 aliphatic carbocycles. The summed E-state index contributed by atoms with van der Waals surface area (Å²) in [5.41, 5.74) is 4.06. The average molecular weight is 177 g/mol. The summed E-state index contributed by atoms with van der Waals surface area (Å²) in [7, 11) is 0. The first-order chi connectivity index (χ1) is 6.04. The summed E-state index contributed by atoms with van der Waals surface area (Å²) in [6.07, 6.45) is 1.91. The predicted octanol–water partition coefficient (Wildman–Crippen LogP) is 3.64. The molecule has 0 aliphatic heterocycles. The van der Waals surface area contributed by atoms with Crippen molar-refractivity contribution in [3.05, 3.63) is 29.1 Å². The summed E-state index contributed by atoms with van der Waals surface area (Å²) < 4.78 is 0. The molecular weight excluding hydrogens is 158 g/mol. The van der Waals surface area contributed by atoms with Crippen LogP contribution in [0.1, 0.15) is 56.4 Å². The van der Waals surface area contributed by atoms with Crippen LogP contribution in [-0.4, -0.2) is 4.98 Å². The van der Waals surface area contributed by atoms with E-state index < -0.39 is 0 Å². The molecule has 1 nitrogen and oxygen atoms in total. The quantitative estimate of drug-likeness (QED) is 0.672. The molecule has 1 aromatic heterocycles. The Kier molecular flexibility index (Phi) is 3.07. The van der Waals surface area contributed by atoms with Crippen LogP contribution in [0.15, 0.2) is 12.3 Å². The predicted molar refractivity (Wildman–Crippen MR) is 57.2 cm³/mol. The van der Waals surface area contributed by atoms with Crippen LogP contribution in [0.3, 0.4) is 0 Å². The normalized spacial score (nSPS) is 11.3. The Bertz CT molecular complexity index is 287. The van der Waals surface area contributed by atoms with Gasteiger partial charge in [0, 0.05) is 11.9 Å². The molecule has 0 amide bonds. The van der Waals surface area contributed by atoms with E-state index in [2.05, 4.69) is 45.7 Å². The second-order valence-electron chi connectivity index (χ2n) is 4.21. The molecule has 0 aromatic carbocycles. The van der Waals surface area contributed by atoms with E-state index in [4.69, 9.17) is 0 Å². The molecule has 1 heterocycles. The van der Waals surface area contributed by atoms with Crippen LogP contribution in [0.2, 0.25) is 0 Å². The molecule has 0 radical (unpaired) electrons. The third kappa shape index (κ3) is 2.09. The highest BCUT2D eigenvalue weighted by Crippen LogP contribution is 2.27. The molecule has 0 atom stereocenters. The van der Waals surface area contributed by atoms with Gasteiger partial charge in [-0.1, -0.05) is 27.7 Å². The summed E-state index contributed by atoms with van der Waals surface area (Å²) in [4.78, 5) is 4.34. The molecule has 72 valence electrons. The van der Waals surface area contributed by atoms with Crippen molar-refractivity contribution < 1.29 is 0 Å². The molecule has 0 saturated carbocycles. The summed E-state index contributed by atoms with van der Waals surface area (Å²) in [5, 5.41) is 0. The molecule has 0 saturated heterocycles. The second-order valence-corrected chi connectivity index (χ2v) is 4.21. The minimum atomic E-state index is 0.575. The van der Waals surface area contributed by atoms with Crippen molar-refractivity contribution in [1.82, 2.24) is 4.98 Å². The summed E-state index contributed by atoms with van der Waals surface area (Å²) in [6.45, 7) is 11.0. The molecular formula is C12H19N. The van der Waals surface area contributed by atoms with Gasteiger partial charge in [0.05, 0.1) is 0 Å². The largest absolute Gasteiger partial charge is 0.261 e. The van der Waals surface area contributed by atoms with E-state index in [0.717, 1.165) is 0 Å². The summed E-state index contributed by atoms with van der Waals surface area (Å²) >= 11 is 0. The van der Waals surface area contributed by atoms with E-state index >= 15 is 0 Å². The summed E-state index contributed by atoms with van der Waals surface area (Å²) in [6, 6.07) is 2.15. The van der Waals surface area contributed by atoms with Crippen molar-refractivity contribution in [2.75, 3.05) is 0 Å². The molecule has 0 fully saturated rings. The topological polar surface area (TPSA) is 12.9 Å². The van der Waals surface area contributed by atoms with Crippen LogP contribution in [0, 0.1) is 6.92 Å². The Morgan fingerprint density at radius 3 is 2.08 bits per heavy atom. The van der Waals surface area contributed by atoms with Gasteiger partial charge in [-0.2, -0.15) is 0 Å². The third-order valence-corrected chi connectivity index (χ3v) is 2.42. The van der Waals surface area contributed by atoms with Gasteiger partial charge in [0.25, 0.3) is 0 Å². The number of hydrogen-bond acceptors (Lipinski definition) is 1. The first kappa shape index (κ1) is 10.2. The fourth-order valence-electron chi connectivity index (χ4n) is 1.85. The van der Waals surface area contributed by atoms with Crippen LogP contribution in [0.25, 0.3) is 0 Å². The molecule has 13 heavy (non-hydrogen) atoms. The highest BCUT2D eigenvalue weighted by atomic mass is 14.7. The zero-order chi connectivity index (χ0) is 10.0. The van der Waals surface area contributed by atoms with Gasteiger partial charge in [-0.3, -0.25) is 4.98 Å². The zero-order valence-electron chi connectivity index (χ0n) is 9.26. The van der Waals surface area contributed by atoms with Crippen LogP contribution >= 0.6 is 0 Å². The first-order valence-electron chi connectivity index (χ1n) is 4.99. The van der Waals surface area contributed by atoms with Crippen LogP contribution < -0.4 is 0 Å². The molecule has 1 rings (SSSR count). The summed E-state index contributed by atoms with van der Waals surface area (Å²) in [5.74, 6) is 1.17. The molecule has 1 heteroatoms. The van der Waals surface area contributed by atoms with Gasteiger partial charge in [-0.25, -0.2) is 0 Å². The lowest BCUT2D eigenvalue weighted by Crippen LogP contribution is -2.02. The van der Waals surface area contributed by atoms with E-state index in [1.165, 1.54) is 16.8 Å². The maximum Gasteiger partial charge on any atom is 0.0410 e. The smallest absolute Gasteiger partial charge is 0.0410 e. The van der Waals surface area contributed by atoms with Crippen LogP contribution in [-0.2, 0) is 0 Å². The van der Waals surface area contributed by atoms with E-state index in [9.17, 15) is 0 Å². The van der Waals surface area contributed by atoms with Crippen molar-refractivity contribution in [3.63, 3.8) is 0 Å². The second kappa shape index (κ2) is 3.91. The van der Waals surface area contributed by atoms with E-state index in [1.54, 1.807) is 0 Å². The Hall–Kier alpha value is -0.850. The fourth-order valence-corrected chi connectivity index (χ4v) is 1.85. The van der Waals surface area contributed by atoms with Crippen molar-refractivity contribution in [1.29, 1.82) is 0 Å². The number of rotatable bonds is 2. The Morgan fingerprint density at radius 2 is 1.69 bits per heavy atom. The number of aromatic nitrogens is 1. The molecule has 0 N–H and O–H groups in total. The monoisotopic (exact) mass is 177 g/mol. The van der Waals surface area contributed by atoms with E-state index in [-0.39, 0.29) is 0 Å². The van der Waals surface area contributed by atoms with E-state index in [1.807, 2.05) is 6.20 Å². The molecule has 0 bridgehead atoms. The van der Waals surface area contributed by atoms with Gasteiger partial charge >= 0.3 is 0 Å². The number of aryl methyl sites for hydroxylation is 1. The SMILES string of the molecule is Cc1nccc(C(C)C)c1C(C)C. The van der Waals surface area contributed by atoms with Crippen molar-refractivity contribution in [3.8, 4) is 0 Å². The Morgan fingerprint density at radius 1 is 1.08 bits per heavy atom. The molecule has 1 aromatic rings. The maximum absolute atomic E-state index is 4.34. The number of nitrogens with zero attached hydrogens (tertiary/aromatic N) is 1. The van der Waals surface area contributed by atoms with E-state index in [0.29, 0.717) is 11.8 Å². The third-order valence-electron chi connectivity index (χ3n) is 2.42. The van der Waals surface area contributed by atoms with Gasteiger partial charge in [0.1, 0.15) is 0 Å². The average Bonchev–Trinajstić information content (AvgIpc) is 2.02. The highest BCUT2D eigenvalue weighted by molar-refractivity contribution is 5.34. The van der Waals surface area contributed by atoms with Crippen molar-refractivity contribution in [2.24, 2.45) is 0 Å². The lowest BCUT2D eigenvalue weighted by atomic mass is 9.90. The maximum atomic E-state index is 4.34. The Labute approximate surface area is 81.2 Å². The molecule has 0 unspecified atom stereocenters.